The van der Waals surface area contributed by atoms with Gasteiger partial charge in [0.1, 0.15) is 18.1 Å². The van der Waals surface area contributed by atoms with Gasteiger partial charge in [-0.2, -0.15) is 0 Å². The third-order valence-electron chi connectivity index (χ3n) is 4.56. The number of carbonyl (C=O) groups is 3. The van der Waals surface area contributed by atoms with Crippen LogP contribution in [0.3, 0.4) is 0 Å². The molecular weight excluding hydrogens is 382 g/mol. The van der Waals surface area contributed by atoms with Gasteiger partial charge in [0.25, 0.3) is 0 Å². The average Bonchev–Trinajstić information content (AvgIpc) is 2.72. The molecule has 3 atom stereocenters. The van der Waals surface area contributed by atoms with Gasteiger partial charge in [-0.1, -0.05) is 62.4 Å². The minimum atomic E-state index is -1.07. The third kappa shape index (κ3) is 7.00. The first-order chi connectivity index (χ1) is 14.3. The maximum atomic E-state index is 13.1. The van der Waals surface area contributed by atoms with Crippen molar-refractivity contribution in [1.82, 2.24) is 10.6 Å². The molecule has 2 amide bonds. The average molecular weight is 412 g/mol. The molecule has 7 heteroatoms. The second-order valence-corrected chi connectivity index (χ2v) is 7.62. The fraction of sp³-hybridized carbons (Fsp3) is 0.348. The number of aliphatic carboxylic acids is 1. The van der Waals surface area contributed by atoms with E-state index in [0.717, 1.165) is 0 Å². The largest absolute Gasteiger partial charge is 0.480 e. The lowest BCUT2D eigenvalue weighted by molar-refractivity contribution is -0.139. The number of hydrogen-bond acceptors (Lipinski definition) is 4. The topological polar surface area (TPSA) is 108 Å². The van der Waals surface area contributed by atoms with Crippen molar-refractivity contribution in [1.29, 1.82) is 0 Å². The van der Waals surface area contributed by atoms with Gasteiger partial charge in [-0.25, -0.2) is 0 Å². The summed E-state index contributed by atoms with van der Waals surface area (Å²) in [4.78, 5) is 37.2. The van der Waals surface area contributed by atoms with Gasteiger partial charge >= 0.3 is 5.97 Å². The highest BCUT2D eigenvalue weighted by molar-refractivity contribution is 5.98. The Kier molecular flexibility index (Phi) is 8.55. The molecule has 160 valence electrons. The minimum Gasteiger partial charge on any atom is -0.480 e. The van der Waals surface area contributed by atoms with Crippen LogP contribution in [-0.2, 0) is 14.4 Å². The van der Waals surface area contributed by atoms with Crippen LogP contribution in [0.2, 0.25) is 0 Å². The lowest BCUT2D eigenvalue weighted by atomic mass is 10.0. The summed E-state index contributed by atoms with van der Waals surface area (Å²) in [5, 5.41) is 17.7. The predicted octanol–water partition coefficient (Wildman–Crippen LogP) is 2.96. The zero-order chi connectivity index (χ0) is 22.1. The van der Waals surface area contributed by atoms with Crippen LogP contribution in [0.25, 0.3) is 0 Å². The molecule has 0 bridgehead atoms. The number of nitrogens with one attached hydrogen (secondary N) is 3. The standard InChI is InChI=1S/C23H29N3O4/c1-15(2)14-19(21(27)25-18-12-8-5-9-13-18)26-22(28)20(24-16(3)23(29)30)17-10-6-4-7-11-17/h4-13,15-16,19-20,24H,14H2,1-3H3,(H,25,27)(H,26,28)(H,29,30)/t16-,19+,20+/m1/s1. The molecular formula is C23H29N3O4. The van der Waals surface area contributed by atoms with Crippen LogP contribution in [0.15, 0.2) is 60.7 Å². The number of amides is 2. The number of benzene rings is 2. The van der Waals surface area contributed by atoms with Crippen molar-refractivity contribution < 1.29 is 19.5 Å². The molecule has 4 N–H and O–H groups in total. The fourth-order valence-electron chi connectivity index (χ4n) is 3.00. The minimum absolute atomic E-state index is 0.165. The molecule has 0 spiro atoms. The van der Waals surface area contributed by atoms with Gasteiger partial charge in [0.15, 0.2) is 0 Å². The quantitative estimate of drug-likeness (QED) is 0.481. The molecule has 0 fully saturated rings. The van der Waals surface area contributed by atoms with Crippen LogP contribution in [-0.4, -0.2) is 35.0 Å². The normalized spacial score (nSPS) is 13.9. The van der Waals surface area contributed by atoms with Gasteiger partial charge in [-0.3, -0.25) is 19.7 Å². The zero-order valence-corrected chi connectivity index (χ0v) is 17.5. The Morgan fingerprint density at radius 1 is 0.867 bits per heavy atom. The van der Waals surface area contributed by atoms with E-state index in [0.29, 0.717) is 17.7 Å². The first kappa shape index (κ1) is 23.1. The van der Waals surface area contributed by atoms with Gasteiger partial charge in [0.05, 0.1) is 0 Å². The number of carboxylic acids is 1. The van der Waals surface area contributed by atoms with Gasteiger partial charge in [-0.15, -0.1) is 0 Å². The van der Waals surface area contributed by atoms with E-state index in [1.54, 1.807) is 36.4 Å². The summed E-state index contributed by atoms with van der Waals surface area (Å²) in [6, 6.07) is 15.3. The second kappa shape index (κ2) is 11.1. The first-order valence-electron chi connectivity index (χ1n) is 9.98. The maximum Gasteiger partial charge on any atom is 0.320 e. The van der Waals surface area contributed by atoms with Gasteiger partial charge in [0.2, 0.25) is 11.8 Å². The molecule has 0 aliphatic carbocycles. The lowest BCUT2D eigenvalue weighted by Crippen LogP contribution is -2.50. The summed E-state index contributed by atoms with van der Waals surface area (Å²) < 4.78 is 0. The SMILES string of the molecule is CC(C)C[C@H](NC(=O)[C@@H](N[C@H](C)C(=O)O)c1ccccc1)C(=O)Nc1ccccc1. The van der Waals surface area contributed by atoms with Gasteiger partial charge in [-0.05, 0) is 37.0 Å². The van der Waals surface area contributed by atoms with Crippen LogP contribution < -0.4 is 16.0 Å². The summed E-state index contributed by atoms with van der Waals surface area (Å²) in [6.45, 7) is 5.40. The zero-order valence-electron chi connectivity index (χ0n) is 17.5. The van der Waals surface area contributed by atoms with Crippen LogP contribution in [0.1, 0.15) is 38.8 Å². The molecule has 7 nitrogen and oxygen atoms in total. The van der Waals surface area contributed by atoms with Crippen molar-refractivity contribution in [2.24, 2.45) is 5.92 Å². The Labute approximate surface area is 176 Å². The summed E-state index contributed by atoms with van der Waals surface area (Å²) in [5.74, 6) is -1.67. The molecule has 30 heavy (non-hydrogen) atoms. The molecule has 0 aromatic heterocycles. The van der Waals surface area contributed by atoms with Gasteiger partial charge in [0, 0.05) is 5.69 Å². The Morgan fingerprint density at radius 3 is 1.97 bits per heavy atom. The molecule has 2 aromatic carbocycles. The molecule has 0 aliphatic heterocycles. The van der Waals surface area contributed by atoms with E-state index in [9.17, 15) is 19.5 Å². The number of rotatable bonds is 10. The predicted molar refractivity (Wildman–Crippen MR) is 116 cm³/mol. The molecule has 2 rings (SSSR count). The third-order valence-corrected chi connectivity index (χ3v) is 4.56. The summed E-state index contributed by atoms with van der Waals surface area (Å²) in [7, 11) is 0. The molecule has 0 saturated carbocycles. The molecule has 0 aliphatic rings. The Bertz CT molecular complexity index is 840. The van der Waals surface area contributed by atoms with E-state index in [-0.39, 0.29) is 11.8 Å². The summed E-state index contributed by atoms with van der Waals surface area (Å²) in [6.07, 6.45) is 0.445. The van der Waals surface area contributed by atoms with Crippen molar-refractivity contribution in [3.05, 3.63) is 66.2 Å². The van der Waals surface area contributed by atoms with Gasteiger partial charge < -0.3 is 15.7 Å². The highest BCUT2D eigenvalue weighted by Crippen LogP contribution is 2.16. The van der Waals surface area contributed by atoms with Crippen LogP contribution >= 0.6 is 0 Å². The van der Waals surface area contributed by atoms with E-state index in [1.165, 1.54) is 6.92 Å². The van der Waals surface area contributed by atoms with Crippen molar-refractivity contribution in [3.63, 3.8) is 0 Å². The van der Waals surface area contributed by atoms with Crippen molar-refractivity contribution in [3.8, 4) is 0 Å². The number of anilines is 1. The van der Waals surface area contributed by atoms with Crippen LogP contribution in [0.4, 0.5) is 5.69 Å². The summed E-state index contributed by atoms with van der Waals surface area (Å²) >= 11 is 0. The van der Waals surface area contributed by atoms with E-state index in [1.807, 2.05) is 38.1 Å². The Balaban J connectivity index is 2.20. The Hall–Kier alpha value is -3.19. The monoisotopic (exact) mass is 411 g/mol. The highest BCUT2D eigenvalue weighted by atomic mass is 16.4. The molecule has 0 saturated heterocycles. The molecule has 0 radical (unpaired) electrons. The Morgan fingerprint density at radius 2 is 1.43 bits per heavy atom. The summed E-state index contributed by atoms with van der Waals surface area (Å²) in [5.41, 5.74) is 1.26. The molecule has 0 heterocycles. The molecule has 2 aromatic rings. The molecule has 0 unspecified atom stereocenters. The van der Waals surface area contributed by atoms with E-state index in [2.05, 4.69) is 16.0 Å². The fourth-order valence-corrected chi connectivity index (χ4v) is 3.00. The van der Waals surface area contributed by atoms with E-state index < -0.39 is 30.0 Å². The van der Waals surface area contributed by atoms with E-state index in [4.69, 9.17) is 0 Å². The van der Waals surface area contributed by atoms with E-state index >= 15 is 0 Å². The second-order valence-electron chi connectivity index (χ2n) is 7.62. The van der Waals surface area contributed by atoms with Crippen molar-refractivity contribution >= 4 is 23.5 Å². The number of carboxylic acid groups (broad SMARTS) is 1. The highest BCUT2D eigenvalue weighted by Gasteiger charge is 2.29. The first-order valence-corrected chi connectivity index (χ1v) is 9.98. The van der Waals surface area contributed by atoms with Crippen LogP contribution in [0, 0.1) is 5.92 Å². The van der Waals surface area contributed by atoms with Crippen LogP contribution in [0.5, 0.6) is 0 Å². The number of hydrogen-bond donors (Lipinski definition) is 4. The smallest absolute Gasteiger partial charge is 0.320 e. The van der Waals surface area contributed by atoms with Crippen molar-refractivity contribution in [2.75, 3.05) is 5.32 Å². The number of para-hydroxylation sites is 1. The lowest BCUT2D eigenvalue weighted by Gasteiger charge is -2.25. The number of carbonyl (C=O) groups excluding carboxylic acids is 2. The van der Waals surface area contributed by atoms with Crippen molar-refractivity contribution in [2.45, 2.75) is 45.3 Å². The maximum absolute atomic E-state index is 13.1.